The summed E-state index contributed by atoms with van der Waals surface area (Å²) in [6.07, 6.45) is 3.38. The van der Waals surface area contributed by atoms with Crippen molar-refractivity contribution < 1.29 is 4.74 Å². The molecule has 2 aromatic carbocycles. The maximum Gasteiger partial charge on any atom is 0.228 e. The number of nitrogen functional groups attached to an aromatic ring is 1. The lowest BCUT2D eigenvalue weighted by molar-refractivity contribution is 0.465. The summed E-state index contributed by atoms with van der Waals surface area (Å²) in [5.41, 5.74) is 9.14. The van der Waals surface area contributed by atoms with Gasteiger partial charge >= 0.3 is 0 Å². The maximum atomic E-state index is 6.09. The molecule has 8 nitrogen and oxygen atoms in total. The number of benzene rings is 2. The van der Waals surface area contributed by atoms with Crippen LogP contribution in [0.25, 0.3) is 33.3 Å². The molecule has 0 fully saturated rings. The predicted molar refractivity (Wildman–Crippen MR) is 124 cm³/mol. The number of fused-ring (bicyclic) bond motifs is 1. The monoisotopic (exact) mass is 421 g/mol. The van der Waals surface area contributed by atoms with Crippen molar-refractivity contribution in [3.63, 3.8) is 0 Å². The minimum Gasteiger partial charge on any atom is -0.438 e. The minimum absolute atomic E-state index is 0.415. The van der Waals surface area contributed by atoms with Crippen LogP contribution in [0.15, 0.2) is 79.1 Å². The molecule has 8 heteroatoms. The standard InChI is InChI=1S/C24H19N7O/c1-26-24-28-14-12-20(29-24)19-7-4-13-27-23(19)32-16-10-8-15(9-11-16)21-17-5-2-3-6-18(17)22(25)31-30-21/h2-14H,1H3,(H2,25,31)(H,26,28,29). The highest BCUT2D eigenvalue weighted by atomic mass is 16.5. The molecule has 3 aromatic heterocycles. The number of hydrogen-bond acceptors (Lipinski definition) is 8. The van der Waals surface area contributed by atoms with Crippen molar-refractivity contribution in [2.24, 2.45) is 0 Å². The first-order valence-electron chi connectivity index (χ1n) is 9.98. The Morgan fingerprint density at radius 2 is 1.62 bits per heavy atom. The van der Waals surface area contributed by atoms with Gasteiger partial charge in [-0.15, -0.1) is 10.2 Å². The van der Waals surface area contributed by atoms with E-state index in [9.17, 15) is 0 Å². The molecule has 0 bridgehead atoms. The second-order valence-electron chi connectivity index (χ2n) is 6.98. The summed E-state index contributed by atoms with van der Waals surface area (Å²) in [6, 6.07) is 21.0. The second-order valence-corrected chi connectivity index (χ2v) is 6.98. The SMILES string of the molecule is CNc1nccc(-c2cccnc2Oc2ccc(-c3nnc(N)c4ccccc34)cc2)n1. The Labute approximate surface area is 184 Å². The van der Waals surface area contributed by atoms with Gasteiger partial charge in [0.15, 0.2) is 5.82 Å². The zero-order valence-corrected chi connectivity index (χ0v) is 17.2. The quantitative estimate of drug-likeness (QED) is 0.425. The topological polar surface area (TPSA) is 112 Å². The first-order valence-corrected chi connectivity index (χ1v) is 9.98. The van der Waals surface area contributed by atoms with E-state index in [0.717, 1.165) is 27.6 Å². The van der Waals surface area contributed by atoms with Crippen LogP contribution in [-0.2, 0) is 0 Å². The first-order chi connectivity index (χ1) is 15.7. The number of nitrogens with zero attached hydrogens (tertiary/aromatic N) is 5. The van der Waals surface area contributed by atoms with Crippen molar-refractivity contribution in [3.05, 3.63) is 79.1 Å². The van der Waals surface area contributed by atoms with Gasteiger partial charge in [0.1, 0.15) is 11.4 Å². The molecule has 0 unspecified atom stereocenters. The van der Waals surface area contributed by atoms with Crippen molar-refractivity contribution in [1.29, 1.82) is 0 Å². The van der Waals surface area contributed by atoms with Crippen LogP contribution in [0.3, 0.4) is 0 Å². The Morgan fingerprint density at radius 3 is 2.44 bits per heavy atom. The lowest BCUT2D eigenvalue weighted by Crippen LogP contribution is -1.98. The third-order valence-corrected chi connectivity index (χ3v) is 4.98. The molecule has 0 aliphatic heterocycles. The summed E-state index contributed by atoms with van der Waals surface area (Å²) in [5.74, 6) is 2.04. The van der Waals surface area contributed by atoms with E-state index >= 15 is 0 Å². The molecule has 0 atom stereocenters. The molecule has 156 valence electrons. The Hall–Kier alpha value is -4.59. The Bertz CT molecular complexity index is 1400. The van der Waals surface area contributed by atoms with Gasteiger partial charge in [0.05, 0.1) is 11.3 Å². The summed E-state index contributed by atoms with van der Waals surface area (Å²) >= 11 is 0. The summed E-state index contributed by atoms with van der Waals surface area (Å²) in [4.78, 5) is 13.0. The van der Waals surface area contributed by atoms with Gasteiger partial charge in [0.2, 0.25) is 11.8 Å². The van der Waals surface area contributed by atoms with Crippen LogP contribution in [0.2, 0.25) is 0 Å². The average Bonchev–Trinajstić information content (AvgIpc) is 2.85. The van der Waals surface area contributed by atoms with E-state index in [0.29, 0.717) is 29.1 Å². The predicted octanol–water partition coefficient (Wildman–Crippen LogP) is 4.57. The number of aromatic nitrogens is 5. The van der Waals surface area contributed by atoms with Crippen LogP contribution in [0.1, 0.15) is 0 Å². The van der Waals surface area contributed by atoms with Crippen molar-refractivity contribution in [3.8, 4) is 34.1 Å². The molecule has 0 saturated carbocycles. The van der Waals surface area contributed by atoms with Crippen molar-refractivity contribution in [2.45, 2.75) is 0 Å². The first kappa shape index (κ1) is 19.4. The van der Waals surface area contributed by atoms with Crippen LogP contribution in [0, 0.1) is 0 Å². The molecule has 32 heavy (non-hydrogen) atoms. The highest BCUT2D eigenvalue weighted by Gasteiger charge is 2.12. The summed E-state index contributed by atoms with van der Waals surface area (Å²) in [6.45, 7) is 0. The Kier molecular flexibility index (Phi) is 5.01. The number of ether oxygens (including phenoxy) is 1. The largest absolute Gasteiger partial charge is 0.438 e. The Morgan fingerprint density at radius 1 is 0.812 bits per heavy atom. The fourth-order valence-electron chi connectivity index (χ4n) is 3.43. The lowest BCUT2D eigenvalue weighted by Gasteiger charge is -2.11. The van der Waals surface area contributed by atoms with E-state index in [1.807, 2.05) is 66.7 Å². The molecule has 3 N–H and O–H groups in total. The number of pyridine rings is 1. The fraction of sp³-hybridized carbons (Fsp3) is 0.0417. The van der Waals surface area contributed by atoms with Gasteiger partial charge in [-0.25, -0.2) is 15.0 Å². The number of anilines is 2. The molecule has 0 saturated heterocycles. The van der Waals surface area contributed by atoms with Crippen LogP contribution < -0.4 is 15.8 Å². The van der Waals surface area contributed by atoms with Gasteiger partial charge in [-0.3, -0.25) is 0 Å². The van der Waals surface area contributed by atoms with E-state index in [2.05, 4.69) is 30.5 Å². The van der Waals surface area contributed by atoms with Gasteiger partial charge < -0.3 is 15.8 Å². The smallest absolute Gasteiger partial charge is 0.228 e. The lowest BCUT2D eigenvalue weighted by atomic mass is 10.0. The Balaban J connectivity index is 1.46. The molecule has 3 heterocycles. The van der Waals surface area contributed by atoms with E-state index < -0.39 is 0 Å². The molecule has 0 aliphatic rings. The minimum atomic E-state index is 0.415. The summed E-state index contributed by atoms with van der Waals surface area (Å²) in [5, 5.41) is 13.2. The molecule has 0 spiro atoms. The second kappa shape index (κ2) is 8.27. The van der Waals surface area contributed by atoms with Crippen molar-refractivity contribution >= 4 is 22.5 Å². The molecule has 0 aliphatic carbocycles. The van der Waals surface area contributed by atoms with E-state index in [1.54, 1.807) is 19.4 Å². The van der Waals surface area contributed by atoms with E-state index in [4.69, 9.17) is 10.5 Å². The number of nitrogens with two attached hydrogens (primary N) is 1. The molecule has 0 radical (unpaired) electrons. The van der Waals surface area contributed by atoms with Gasteiger partial charge in [0.25, 0.3) is 0 Å². The average molecular weight is 421 g/mol. The number of hydrogen-bond donors (Lipinski definition) is 2. The molecular weight excluding hydrogens is 402 g/mol. The summed E-state index contributed by atoms with van der Waals surface area (Å²) < 4.78 is 6.09. The maximum absolute atomic E-state index is 6.09. The van der Waals surface area contributed by atoms with Crippen LogP contribution in [0.5, 0.6) is 11.6 Å². The summed E-state index contributed by atoms with van der Waals surface area (Å²) in [7, 11) is 1.77. The van der Waals surface area contributed by atoms with Gasteiger partial charge in [-0.2, -0.15) is 0 Å². The fourth-order valence-corrected chi connectivity index (χ4v) is 3.43. The van der Waals surface area contributed by atoms with Crippen molar-refractivity contribution in [2.75, 3.05) is 18.1 Å². The van der Waals surface area contributed by atoms with Crippen LogP contribution >= 0.6 is 0 Å². The molecular formula is C24H19N7O. The highest BCUT2D eigenvalue weighted by Crippen LogP contribution is 2.33. The van der Waals surface area contributed by atoms with E-state index in [-0.39, 0.29) is 0 Å². The van der Waals surface area contributed by atoms with Crippen molar-refractivity contribution in [1.82, 2.24) is 25.1 Å². The molecule has 5 aromatic rings. The van der Waals surface area contributed by atoms with Crippen LogP contribution in [0.4, 0.5) is 11.8 Å². The third kappa shape index (κ3) is 3.65. The normalized spacial score (nSPS) is 10.8. The molecule has 0 amide bonds. The third-order valence-electron chi connectivity index (χ3n) is 4.98. The van der Waals surface area contributed by atoms with Crippen LogP contribution in [-0.4, -0.2) is 32.2 Å². The van der Waals surface area contributed by atoms with Gasteiger partial charge in [0, 0.05) is 35.8 Å². The highest BCUT2D eigenvalue weighted by molar-refractivity contribution is 5.99. The zero-order valence-electron chi connectivity index (χ0n) is 17.2. The van der Waals surface area contributed by atoms with E-state index in [1.165, 1.54) is 0 Å². The van der Waals surface area contributed by atoms with Gasteiger partial charge in [-0.05, 0) is 42.5 Å². The zero-order chi connectivity index (χ0) is 21.9. The number of nitrogens with one attached hydrogen (secondary N) is 1. The number of rotatable bonds is 5. The molecule has 5 rings (SSSR count). The van der Waals surface area contributed by atoms with Gasteiger partial charge in [-0.1, -0.05) is 24.3 Å².